The summed E-state index contributed by atoms with van der Waals surface area (Å²) in [4.78, 5) is 12.3. The molecule has 1 heterocycles. The van der Waals surface area contributed by atoms with Crippen molar-refractivity contribution in [1.29, 1.82) is 0 Å². The summed E-state index contributed by atoms with van der Waals surface area (Å²) in [5.41, 5.74) is 4.28. The molecule has 0 fully saturated rings. The van der Waals surface area contributed by atoms with Gasteiger partial charge in [-0.3, -0.25) is 4.79 Å². The molecule has 0 bridgehead atoms. The van der Waals surface area contributed by atoms with Crippen molar-refractivity contribution in [2.75, 3.05) is 11.9 Å². The number of hydrogen-bond donors (Lipinski definition) is 3. The number of rotatable bonds is 2. The van der Waals surface area contributed by atoms with Crippen LogP contribution < -0.4 is 10.6 Å². The second-order valence-corrected chi connectivity index (χ2v) is 5.34. The molecule has 0 saturated carbocycles. The highest BCUT2D eigenvalue weighted by Crippen LogP contribution is 2.24. The monoisotopic (exact) mass is 282 g/mol. The van der Waals surface area contributed by atoms with Crippen molar-refractivity contribution in [1.82, 2.24) is 5.32 Å². The van der Waals surface area contributed by atoms with Crippen LogP contribution in [0.4, 0.5) is 5.69 Å². The number of aromatic hydroxyl groups is 1. The molecule has 108 valence electrons. The summed E-state index contributed by atoms with van der Waals surface area (Å²) >= 11 is 0. The lowest BCUT2D eigenvalue weighted by atomic mass is 10.0. The van der Waals surface area contributed by atoms with Gasteiger partial charge < -0.3 is 15.7 Å². The van der Waals surface area contributed by atoms with E-state index in [0.717, 1.165) is 25.2 Å². The number of hydrogen-bond acceptors (Lipinski definition) is 3. The quantitative estimate of drug-likeness (QED) is 0.793. The normalized spacial score (nSPS) is 13.6. The fraction of sp³-hybridized carbons (Fsp3) is 0.235. The second-order valence-electron chi connectivity index (χ2n) is 5.34. The Morgan fingerprint density at radius 3 is 2.95 bits per heavy atom. The molecule has 3 rings (SSSR count). The molecule has 1 aliphatic rings. The van der Waals surface area contributed by atoms with Gasteiger partial charge >= 0.3 is 0 Å². The molecule has 0 radical (unpaired) electrons. The predicted molar refractivity (Wildman–Crippen MR) is 82.6 cm³/mol. The Bertz CT molecular complexity index is 695. The van der Waals surface area contributed by atoms with E-state index in [9.17, 15) is 9.90 Å². The molecular weight excluding hydrogens is 264 g/mol. The molecule has 2 aromatic carbocycles. The Balaban J connectivity index is 1.83. The van der Waals surface area contributed by atoms with Gasteiger partial charge in [0.2, 0.25) is 0 Å². The van der Waals surface area contributed by atoms with Crippen LogP contribution in [0.5, 0.6) is 5.75 Å². The molecule has 0 aromatic heterocycles. The van der Waals surface area contributed by atoms with Gasteiger partial charge in [0.1, 0.15) is 5.75 Å². The Labute approximate surface area is 123 Å². The molecular formula is C17H18N2O2. The van der Waals surface area contributed by atoms with Crippen molar-refractivity contribution in [2.24, 2.45) is 0 Å². The third-order valence-electron chi connectivity index (χ3n) is 3.83. The minimum Gasteiger partial charge on any atom is -0.507 e. The highest BCUT2D eigenvalue weighted by molar-refractivity contribution is 6.06. The van der Waals surface area contributed by atoms with Gasteiger partial charge in [0.15, 0.2) is 0 Å². The van der Waals surface area contributed by atoms with E-state index in [2.05, 4.69) is 16.7 Å². The minimum absolute atomic E-state index is 0.0367. The number of phenols is 1. The molecule has 3 N–H and O–H groups in total. The maximum Gasteiger partial charge on any atom is 0.259 e. The van der Waals surface area contributed by atoms with Crippen LogP contribution in [-0.4, -0.2) is 17.6 Å². The molecule has 0 aliphatic carbocycles. The number of nitrogens with one attached hydrogen (secondary N) is 2. The second kappa shape index (κ2) is 5.58. The highest BCUT2D eigenvalue weighted by atomic mass is 16.3. The van der Waals surface area contributed by atoms with Gasteiger partial charge in [0.05, 0.1) is 5.56 Å². The van der Waals surface area contributed by atoms with Crippen molar-refractivity contribution >= 4 is 11.6 Å². The van der Waals surface area contributed by atoms with Gasteiger partial charge in [-0.15, -0.1) is 0 Å². The fourth-order valence-electron chi connectivity index (χ4n) is 2.60. The van der Waals surface area contributed by atoms with Gasteiger partial charge in [-0.25, -0.2) is 0 Å². The Morgan fingerprint density at radius 1 is 1.24 bits per heavy atom. The van der Waals surface area contributed by atoms with Crippen LogP contribution in [0.15, 0.2) is 36.4 Å². The number of anilines is 1. The van der Waals surface area contributed by atoms with Gasteiger partial charge in [-0.1, -0.05) is 18.2 Å². The molecule has 1 aliphatic heterocycles. The SMILES string of the molecule is Cc1cccc(C(=O)Nc2ccc3c(c2)CNCC3)c1O. The average Bonchev–Trinajstić information content (AvgIpc) is 2.50. The molecule has 0 saturated heterocycles. The molecule has 2 aromatic rings. The number of benzene rings is 2. The summed E-state index contributed by atoms with van der Waals surface area (Å²) in [5, 5.41) is 16.1. The first-order chi connectivity index (χ1) is 10.1. The summed E-state index contributed by atoms with van der Waals surface area (Å²) in [5.74, 6) is -0.255. The van der Waals surface area contributed by atoms with Crippen LogP contribution in [0.25, 0.3) is 0 Å². The standard InChI is InChI=1S/C17H18N2O2/c1-11-3-2-4-15(16(11)20)17(21)19-14-6-5-12-7-8-18-10-13(12)9-14/h2-6,9,18,20H,7-8,10H2,1H3,(H,19,21). The van der Waals surface area contributed by atoms with E-state index in [1.54, 1.807) is 25.1 Å². The molecule has 21 heavy (non-hydrogen) atoms. The van der Waals surface area contributed by atoms with Crippen molar-refractivity contribution in [2.45, 2.75) is 19.9 Å². The summed E-state index contributed by atoms with van der Waals surface area (Å²) in [6, 6.07) is 11.1. The molecule has 0 unspecified atom stereocenters. The van der Waals surface area contributed by atoms with Crippen LogP contribution in [0.1, 0.15) is 27.0 Å². The number of aryl methyl sites for hydroxylation is 1. The lowest BCUT2D eigenvalue weighted by Crippen LogP contribution is -2.23. The summed E-state index contributed by atoms with van der Waals surface area (Å²) in [6.07, 6.45) is 1.02. The van der Waals surface area contributed by atoms with Crippen LogP contribution in [0.3, 0.4) is 0 Å². The van der Waals surface area contributed by atoms with E-state index >= 15 is 0 Å². The lowest BCUT2D eigenvalue weighted by molar-refractivity contribution is 0.102. The average molecular weight is 282 g/mol. The minimum atomic E-state index is -0.292. The van der Waals surface area contributed by atoms with Crippen molar-refractivity contribution in [3.63, 3.8) is 0 Å². The van der Waals surface area contributed by atoms with E-state index < -0.39 is 0 Å². The zero-order valence-corrected chi connectivity index (χ0v) is 11.9. The van der Waals surface area contributed by atoms with Crippen LogP contribution in [0, 0.1) is 6.92 Å². The molecule has 4 nitrogen and oxygen atoms in total. The predicted octanol–water partition coefficient (Wildman–Crippen LogP) is 2.60. The molecule has 0 spiro atoms. The van der Waals surface area contributed by atoms with Crippen LogP contribution in [0.2, 0.25) is 0 Å². The van der Waals surface area contributed by atoms with Gasteiger partial charge in [-0.2, -0.15) is 0 Å². The molecule has 0 atom stereocenters. The van der Waals surface area contributed by atoms with Gasteiger partial charge in [0.25, 0.3) is 5.91 Å². The number of phenolic OH excluding ortho intramolecular Hbond substituents is 1. The molecule has 4 heteroatoms. The van der Waals surface area contributed by atoms with E-state index in [0.29, 0.717) is 11.1 Å². The first-order valence-electron chi connectivity index (χ1n) is 7.07. The highest BCUT2D eigenvalue weighted by Gasteiger charge is 2.14. The third-order valence-corrected chi connectivity index (χ3v) is 3.83. The Kier molecular flexibility index (Phi) is 3.62. The Hall–Kier alpha value is -2.33. The number of carbonyl (C=O) groups is 1. The summed E-state index contributed by atoms with van der Waals surface area (Å²) in [7, 11) is 0. The van der Waals surface area contributed by atoms with Crippen molar-refractivity contribution in [3.05, 3.63) is 58.7 Å². The van der Waals surface area contributed by atoms with Crippen LogP contribution >= 0.6 is 0 Å². The smallest absolute Gasteiger partial charge is 0.259 e. The van der Waals surface area contributed by atoms with E-state index in [1.165, 1.54) is 11.1 Å². The van der Waals surface area contributed by atoms with Crippen LogP contribution in [-0.2, 0) is 13.0 Å². The largest absolute Gasteiger partial charge is 0.507 e. The third kappa shape index (κ3) is 2.76. The summed E-state index contributed by atoms with van der Waals surface area (Å²) in [6.45, 7) is 3.60. The van der Waals surface area contributed by atoms with Crippen molar-refractivity contribution < 1.29 is 9.90 Å². The number of carbonyl (C=O) groups excluding carboxylic acids is 1. The lowest BCUT2D eigenvalue weighted by Gasteiger charge is -2.18. The Morgan fingerprint density at radius 2 is 2.10 bits per heavy atom. The topological polar surface area (TPSA) is 61.4 Å². The fourth-order valence-corrected chi connectivity index (χ4v) is 2.60. The molecule has 1 amide bonds. The van der Waals surface area contributed by atoms with Crippen molar-refractivity contribution in [3.8, 4) is 5.75 Å². The van der Waals surface area contributed by atoms with E-state index in [-0.39, 0.29) is 11.7 Å². The first kappa shape index (κ1) is 13.6. The first-order valence-corrected chi connectivity index (χ1v) is 7.07. The van der Waals surface area contributed by atoms with Gasteiger partial charge in [-0.05, 0) is 54.8 Å². The number of fused-ring (bicyclic) bond motifs is 1. The van der Waals surface area contributed by atoms with Gasteiger partial charge in [0, 0.05) is 12.2 Å². The maximum atomic E-state index is 12.3. The van der Waals surface area contributed by atoms with E-state index in [4.69, 9.17) is 0 Å². The summed E-state index contributed by atoms with van der Waals surface area (Å²) < 4.78 is 0. The number of para-hydroxylation sites is 1. The maximum absolute atomic E-state index is 12.3. The zero-order chi connectivity index (χ0) is 14.8. The van der Waals surface area contributed by atoms with E-state index in [1.807, 2.05) is 12.1 Å². The number of amides is 1. The zero-order valence-electron chi connectivity index (χ0n) is 11.9.